The Hall–Kier alpha value is -3.26. The molecule has 28 heavy (non-hydrogen) atoms. The summed E-state index contributed by atoms with van der Waals surface area (Å²) >= 11 is 1.31. The van der Waals surface area contributed by atoms with Crippen LogP contribution in [-0.2, 0) is 6.67 Å². The summed E-state index contributed by atoms with van der Waals surface area (Å²) in [6.07, 6.45) is 1.68. The normalized spacial score (nSPS) is 13.9. The van der Waals surface area contributed by atoms with Crippen molar-refractivity contribution in [2.75, 3.05) is 11.6 Å². The third-order valence-electron chi connectivity index (χ3n) is 4.53. The highest BCUT2D eigenvalue weighted by Crippen LogP contribution is 2.20. The van der Waals surface area contributed by atoms with Crippen molar-refractivity contribution in [1.82, 2.24) is 4.57 Å². The van der Waals surface area contributed by atoms with Gasteiger partial charge in [-0.1, -0.05) is 29.5 Å². The van der Waals surface area contributed by atoms with E-state index in [-0.39, 0.29) is 11.2 Å². The summed E-state index contributed by atoms with van der Waals surface area (Å²) in [5.41, 5.74) is 3.85. The predicted molar refractivity (Wildman–Crippen MR) is 109 cm³/mol. The molecule has 1 aliphatic heterocycles. The lowest BCUT2D eigenvalue weighted by Gasteiger charge is -2.26. The standard InChI is InChI=1S/C20H18N4O3S/c1-13-6-14(2)8-17(7-13)22-11-21-20-23(12-22)19(25)18(28-20)10-15-4-3-5-16(9-15)24(26)27/h3-10H,11-12H2,1-2H3. The number of aromatic nitrogens is 1. The summed E-state index contributed by atoms with van der Waals surface area (Å²) < 4.78 is 2.16. The Labute approximate surface area is 164 Å². The van der Waals surface area contributed by atoms with Crippen molar-refractivity contribution < 1.29 is 4.92 Å². The molecule has 2 aromatic carbocycles. The zero-order valence-corrected chi connectivity index (χ0v) is 16.3. The molecule has 0 saturated carbocycles. The van der Waals surface area contributed by atoms with Crippen LogP contribution in [0.3, 0.4) is 0 Å². The van der Waals surface area contributed by atoms with Crippen LogP contribution < -0.4 is 19.8 Å². The first-order valence-electron chi connectivity index (χ1n) is 8.74. The zero-order valence-electron chi connectivity index (χ0n) is 15.5. The number of non-ortho nitro benzene ring substituents is 1. The summed E-state index contributed by atoms with van der Waals surface area (Å²) in [6, 6.07) is 12.5. The molecule has 0 spiro atoms. The van der Waals surface area contributed by atoms with Crippen molar-refractivity contribution in [3.05, 3.63) is 89.0 Å². The average molecular weight is 394 g/mol. The minimum absolute atomic E-state index is 0.000788. The monoisotopic (exact) mass is 394 g/mol. The highest BCUT2D eigenvalue weighted by Gasteiger charge is 2.16. The number of thiazole rings is 1. The van der Waals surface area contributed by atoms with E-state index in [9.17, 15) is 14.9 Å². The minimum Gasteiger partial charge on any atom is -0.334 e. The SMILES string of the molecule is Cc1cc(C)cc(N2CN=c3sc(=Cc4cccc([N+](=O)[O-])c4)c(=O)n3C2)c1. The van der Waals surface area contributed by atoms with Crippen molar-refractivity contribution >= 4 is 28.8 Å². The van der Waals surface area contributed by atoms with Crippen LogP contribution in [-0.4, -0.2) is 16.2 Å². The van der Waals surface area contributed by atoms with Gasteiger partial charge in [0.2, 0.25) is 0 Å². The first-order chi connectivity index (χ1) is 13.4. The maximum Gasteiger partial charge on any atom is 0.271 e. The summed E-state index contributed by atoms with van der Waals surface area (Å²) in [6.45, 7) is 5.01. The molecule has 0 fully saturated rings. The van der Waals surface area contributed by atoms with E-state index in [1.165, 1.54) is 23.5 Å². The molecule has 2 heterocycles. The van der Waals surface area contributed by atoms with E-state index in [4.69, 9.17) is 0 Å². The third-order valence-corrected chi connectivity index (χ3v) is 5.57. The Morgan fingerprint density at radius 2 is 1.93 bits per heavy atom. The van der Waals surface area contributed by atoms with E-state index < -0.39 is 4.92 Å². The first kappa shape index (κ1) is 18.1. The fraction of sp³-hybridized carbons (Fsp3) is 0.200. The smallest absolute Gasteiger partial charge is 0.271 e. The molecule has 0 radical (unpaired) electrons. The fourth-order valence-corrected chi connectivity index (χ4v) is 4.25. The van der Waals surface area contributed by atoms with E-state index in [0.717, 1.165) is 16.8 Å². The van der Waals surface area contributed by atoms with Gasteiger partial charge < -0.3 is 4.90 Å². The molecule has 3 aromatic rings. The molecule has 0 atom stereocenters. The lowest BCUT2D eigenvalue weighted by atomic mass is 10.1. The molecule has 4 rings (SSSR count). The van der Waals surface area contributed by atoms with Gasteiger partial charge in [0.1, 0.15) is 13.3 Å². The minimum atomic E-state index is -0.444. The van der Waals surface area contributed by atoms with Gasteiger partial charge in [-0.3, -0.25) is 19.5 Å². The predicted octanol–water partition coefficient (Wildman–Crippen LogP) is 2.32. The van der Waals surface area contributed by atoms with Crippen molar-refractivity contribution in [2.45, 2.75) is 20.5 Å². The van der Waals surface area contributed by atoms with Gasteiger partial charge in [0.05, 0.1) is 9.46 Å². The van der Waals surface area contributed by atoms with Crippen LogP contribution in [0.25, 0.3) is 6.08 Å². The van der Waals surface area contributed by atoms with Crippen LogP contribution >= 0.6 is 11.3 Å². The van der Waals surface area contributed by atoms with Gasteiger partial charge in [-0.25, -0.2) is 4.99 Å². The number of aryl methyl sites for hydroxylation is 2. The lowest BCUT2D eigenvalue weighted by Crippen LogP contribution is -2.42. The first-order valence-corrected chi connectivity index (χ1v) is 9.56. The van der Waals surface area contributed by atoms with Gasteiger partial charge >= 0.3 is 0 Å². The van der Waals surface area contributed by atoms with Crippen LogP contribution in [0.5, 0.6) is 0 Å². The Morgan fingerprint density at radius 3 is 2.64 bits per heavy atom. The molecule has 0 unspecified atom stereocenters. The second kappa shape index (κ2) is 7.05. The molecule has 1 aromatic heterocycles. The van der Waals surface area contributed by atoms with E-state index >= 15 is 0 Å². The lowest BCUT2D eigenvalue weighted by molar-refractivity contribution is -0.384. The van der Waals surface area contributed by atoms with Crippen LogP contribution in [0.1, 0.15) is 16.7 Å². The molecular weight excluding hydrogens is 376 g/mol. The Kier molecular flexibility index (Phi) is 4.56. The van der Waals surface area contributed by atoms with E-state index in [1.807, 2.05) is 13.8 Å². The Morgan fingerprint density at radius 1 is 1.18 bits per heavy atom. The highest BCUT2D eigenvalue weighted by molar-refractivity contribution is 7.07. The van der Waals surface area contributed by atoms with Crippen molar-refractivity contribution in [1.29, 1.82) is 0 Å². The maximum absolute atomic E-state index is 12.9. The van der Waals surface area contributed by atoms with E-state index in [1.54, 1.807) is 22.8 Å². The molecule has 0 N–H and O–H groups in total. The molecule has 142 valence electrons. The van der Waals surface area contributed by atoms with E-state index in [2.05, 4.69) is 28.1 Å². The van der Waals surface area contributed by atoms with Gasteiger partial charge in [-0.2, -0.15) is 0 Å². The number of nitro groups is 1. The molecule has 0 aliphatic carbocycles. The summed E-state index contributed by atoms with van der Waals surface area (Å²) in [7, 11) is 0. The number of nitrogens with zero attached hydrogens (tertiary/aromatic N) is 4. The average Bonchev–Trinajstić information content (AvgIpc) is 2.96. The quantitative estimate of drug-likeness (QED) is 0.504. The number of anilines is 1. The highest BCUT2D eigenvalue weighted by atomic mass is 32.1. The van der Waals surface area contributed by atoms with Crippen LogP contribution in [0, 0.1) is 24.0 Å². The second-order valence-corrected chi connectivity index (χ2v) is 7.81. The molecule has 7 nitrogen and oxygen atoms in total. The third kappa shape index (κ3) is 3.46. The number of hydrogen-bond acceptors (Lipinski definition) is 6. The second-order valence-electron chi connectivity index (χ2n) is 6.81. The number of rotatable bonds is 3. The van der Waals surface area contributed by atoms with Gasteiger partial charge in [0.15, 0.2) is 4.80 Å². The van der Waals surface area contributed by atoms with Crippen molar-refractivity contribution in [3.8, 4) is 0 Å². The molecule has 1 aliphatic rings. The molecule has 8 heteroatoms. The summed E-state index contributed by atoms with van der Waals surface area (Å²) in [4.78, 5) is 30.7. The molecule has 0 bridgehead atoms. The van der Waals surface area contributed by atoms with Crippen molar-refractivity contribution in [2.24, 2.45) is 4.99 Å². The van der Waals surface area contributed by atoms with Crippen molar-refractivity contribution in [3.63, 3.8) is 0 Å². The number of nitro benzene ring substituents is 1. The zero-order chi connectivity index (χ0) is 19.8. The summed E-state index contributed by atoms with van der Waals surface area (Å²) in [5.74, 6) is 0. The molecule has 0 saturated heterocycles. The Bertz CT molecular complexity index is 1240. The van der Waals surface area contributed by atoms with Gasteiger partial charge in [-0.05, 0) is 48.7 Å². The van der Waals surface area contributed by atoms with Crippen LogP contribution in [0.4, 0.5) is 11.4 Å². The fourth-order valence-electron chi connectivity index (χ4n) is 3.29. The molecular formula is C20H18N4O3S. The van der Waals surface area contributed by atoms with Gasteiger partial charge in [0.25, 0.3) is 11.2 Å². The van der Waals surface area contributed by atoms with Gasteiger partial charge in [-0.15, -0.1) is 0 Å². The largest absolute Gasteiger partial charge is 0.334 e. The van der Waals surface area contributed by atoms with Crippen LogP contribution in [0.2, 0.25) is 0 Å². The summed E-state index contributed by atoms with van der Waals surface area (Å²) in [5, 5.41) is 11.0. The van der Waals surface area contributed by atoms with E-state index in [0.29, 0.717) is 28.2 Å². The maximum atomic E-state index is 12.9. The van der Waals surface area contributed by atoms with Crippen LogP contribution in [0.15, 0.2) is 52.3 Å². The molecule has 0 amide bonds. The Balaban J connectivity index is 1.72. The van der Waals surface area contributed by atoms with Gasteiger partial charge in [0, 0.05) is 17.8 Å². The number of hydrogen-bond donors (Lipinski definition) is 0. The topological polar surface area (TPSA) is 80.7 Å². The number of fused-ring (bicyclic) bond motifs is 1. The number of benzene rings is 2.